The maximum Gasteiger partial charge on any atom is 0.314 e. The topological polar surface area (TPSA) is 52.6 Å². The second-order valence-corrected chi connectivity index (χ2v) is 5.11. The highest BCUT2D eigenvalue weighted by atomic mass is 16.5. The summed E-state index contributed by atoms with van der Waals surface area (Å²) in [7, 11) is 0. The van der Waals surface area contributed by atoms with Crippen LogP contribution in [0.5, 0.6) is 0 Å². The van der Waals surface area contributed by atoms with E-state index in [0.29, 0.717) is 26.1 Å². The normalized spacial score (nSPS) is 28.2. The molecule has 0 bridgehead atoms. The SMILES string of the molecule is CCCCO[C@@H]1CCC(=O)C[C@]1(C)C(=O)OCC. The Balaban J connectivity index is 2.71. The molecule has 0 spiro atoms. The third kappa shape index (κ3) is 3.55. The zero-order chi connectivity index (χ0) is 13.6. The summed E-state index contributed by atoms with van der Waals surface area (Å²) in [4.78, 5) is 23.7. The van der Waals surface area contributed by atoms with E-state index < -0.39 is 5.41 Å². The van der Waals surface area contributed by atoms with Gasteiger partial charge >= 0.3 is 5.97 Å². The fourth-order valence-corrected chi connectivity index (χ4v) is 2.36. The van der Waals surface area contributed by atoms with Crippen LogP contribution in [0.3, 0.4) is 0 Å². The van der Waals surface area contributed by atoms with Crippen LogP contribution in [0.25, 0.3) is 0 Å². The van der Waals surface area contributed by atoms with Crippen LogP contribution in [-0.4, -0.2) is 31.1 Å². The number of unbranched alkanes of at least 4 members (excludes halogenated alkanes) is 1. The van der Waals surface area contributed by atoms with Crippen molar-refractivity contribution in [2.45, 2.75) is 59.0 Å². The quantitative estimate of drug-likeness (QED) is 0.541. The van der Waals surface area contributed by atoms with Gasteiger partial charge in [0.05, 0.1) is 18.1 Å². The molecule has 4 nitrogen and oxygen atoms in total. The number of ether oxygens (including phenoxy) is 2. The predicted molar refractivity (Wildman–Crippen MR) is 68.2 cm³/mol. The molecule has 18 heavy (non-hydrogen) atoms. The van der Waals surface area contributed by atoms with Gasteiger partial charge in [-0.25, -0.2) is 0 Å². The Labute approximate surface area is 109 Å². The van der Waals surface area contributed by atoms with Crippen molar-refractivity contribution in [3.8, 4) is 0 Å². The number of esters is 1. The smallest absolute Gasteiger partial charge is 0.314 e. The number of ketones is 1. The zero-order valence-electron chi connectivity index (χ0n) is 11.7. The highest BCUT2D eigenvalue weighted by Crippen LogP contribution is 2.37. The molecule has 0 aromatic heterocycles. The van der Waals surface area contributed by atoms with Crippen LogP contribution >= 0.6 is 0 Å². The van der Waals surface area contributed by atoms with E-state index in [9.17, 15) is 9.59 Å². The Morgan fingerprint density at radius 3 is 2.78 bits per heavy atom. The van der Waals surface area contributed by atoms with Gasteiger partial charge in [-0.1, -0.05) is 13.3 Å². The van der Waals surface area contributed by atoms with E-state index in [1.165, 1.54) is 0 Å². The molecule has 0 unspecified atom stereocenters. The van der Waals surface area contributed by atoms with Gasteiger partial charge in [-0.15, -0.1) is 0 Å². The molecular weight excluding hydrogens is 232 g/mol. The summed E-state index contributed by atoms with van der Waals surface area (Å²) < 4.78 is 10.9. The maximum atomic E-state index is 12.1. The van der Waals surface area contributed by atoms with Crippen molar-refractivity contribution in [3.05, 3.63) is 0 Å². The maximum absolute atomic E-state index is 12.1. The largest absolute Gasteiger partial charge is 0.465 e. The molecule has 1 rings (SSSR count). The van der Waals surface area contributed by atoms with E-state index in [1.807, 2.05) is 0 Å². The second-order valence-electron chi connectivity index (χ2n) is 5.11. The van der Waals surface area contributed by atoms with Crippen LogP contribution in [0.4, 0.5) is 0 Å². The monoisotopic (exact) mass is 256 g/mol. The van der Waals surface area contributed by atoms with E-state index in [2.05, 4.69) is 6.92 Å². The summed E-state index contributed by atoms with van der Waals surface area (Å²) in [6.45, 7) is 6.64. The van der Waals surface area contributed by atoms with E-state index in [-0.39, 0.29) is 24.3 Å². The molecule has 0 amide bonds. The average Bonchev–Trinajstić information content (AvgIpc) is 2.32. The molecule has 2 atom stereocenters. The third-order valence-electron chi connectivity index (χ3n) is 3.52. The first kappa shape index (κ1) is 15.2. The van der Waals surface area contributed by atoms with Crippen molar-refractivity contribution >= 4 is 11.8 Å². The van der Waals surface area contributed by atoms with Crippen LogP contribution in [0, 0.1) is 5.41 Å². The van der Waals surface area contributed by atoms with E-state index >= 15 is 0 Å². The molecule has 1 aliphatic rings. The molecule has 1 fully saturated rings. The number of rotatable bonds is 6. The van der Waals surface area contributed by atoms with Gasteiger partial charge in [0.25, 0.3) is 0 Å². The lowest BCUT2D eigenvalue weighted by molar-refractivity contribution is -0.171. The molecule has 4 heteroatoms. The number of hydrogen-bond acceptors (Lipinski definition) is 4. The molecule has 0 radical (unpaired) electrons. The van der Waals surface area contributed by atoms with Crippen LogP contribution in [-0.2, 0) is 19.1 Å². The predicted octanol–water partition coefficient (Wildman–Crippen LogP) is 2.49. The van der Waals surface area contributed by atoms with Crippen molar-refractivity contribution in [2.24, 2.45) is 5.41 Å². The summed E-state index contributed by atoms with van der Waals surface area (Å²) >= 11 is 0. The molecule has 0 aromatic rings. The minimum atomic E-state index is -0.806. The minimum absolute atomic E-state index is 0.126. The summed E-state index contributed by atoms with van der Waals surface area (Å²) in [6, 6.07) is 0. The number of carbonyl (C=O) groups excluding carboxylic acids is 2. The Bertz CT molecular complexity index is 300. The molecular formula is C14H24O4. The molecule has 0 saturated heterocycles. The first-order chi connectivity index (χ1) is 8.54. The lowest BCUT2D eigenvalue weighted by atomic mass is 9.72. The van der Waals surface area contributed by atoms with Crippen molar-refractivity contribution in [1.82, 2.24) is 0 Å². The summed E-state index contributed by atoms with van der Waals surface area (Å²) in [5.74, 6) is -0.180. The summed E-state index contributed by atoms with van der Waals surface area (Å²) in [5.41, 5.74) is -0.806. The Morgan fingerprint density at radius 2 is 2.17 bits per heavy atom. The van der Waals surface area contributed by atoms with Crippen LogP contribution in [0.2, 0.25) is 0 Å². The van der Waals surface area contributed by atoms with Crippen molar-refractivity contribution in [2.75, 3.05) is 13.2 Å². The Hall–Kier alpha value is -0.900. The lowest BCUT2D eigenvalue weighted by Crippen LogP contribution is -2.47. The molecule has 0 aromatic carbocycles. The Kier molecular flexibility index (Phi) is 5.79. The average molecular weight is 256 g/mol. The fourth-order valence-electron chi connectivity index (χ4n) is 2.36. The van der Waals surface area contributed by atoms with E-state index in [4.69, 9.17) is 9.47 Å². The van der Waals surface area contributed by atoms with Crippen molar-refractivity contribution in [3.63, 3.8) is 0 Å². The summed E-state index contributed by atoms with van der Waals surface area (Å²) in [6.07, 6.45) is 3.21. The molecule has 104 valence electrons. The Morgan fingerprint density at radius 1 is 1.44 bits per heavy atom. The van der Waals surface area contributed by atoms with Gasteiger partial charge < -0.3 is 9.47 Å². The molecule has 1 saturated carbocycles. The molecule has 0 aliphatic heterocycles. The van der Waals surface area contributed by atoms with Gasteiger partial charge in [0.15, 0.2) is 0 Å². The third-order valence-corrected chi connectivity index (χ3v) is 3.52. The first-order valence-electron chi connectivity index (χ1n) is 6.85. The van der Waals surface area contributed by atoms with Gasteiger partial charge in [-0.3, -0.25) is 9.59 Å². The van der Waals surface area contributed by atoms with Crippen molar-refractivity contribution < 1.29 is 19.1 Å². The lowest BCUT2D eigenvalue weighted by Gasteiger charge is -2.38. The first-order valence-corrected chi connectivity index (χ1v) is 6.85. The van der Waals surface area contributed by atoms with Gasteiger partial charge in [0, 0.05) is 19.4 Å². The van der Waals surface area contributed by atoms with Crippen molar-refractivity contribution in [1.29, 1.82) is 0 Å². The minimum Gasteiger partial charge on any atom is -0.465 e. The van der Waals surface area contributed by atoms with Crippen LogP contribution < -0.4 is 0 Å². The van der Waals surface area contributed by atoms with Crippen LogP contribution in [0.15, 0.2) is 0 Å². The summed E-state index contributed by atoms with van der Waals surface area (Å²) in [5, 5.41) is 0. The molecule has 0 N–H and O–H groups in total. The highest BCUT2D eigenvalue weighted by Gasteiger charge is 2.47. The number of Topliss-reactive ketones (excluding diaryl/α,β-unsaturated/α-hetero) is 1. The van der Waals surface area contributed by atoms with Gasteiger partial charge in [-0.2, -0.15) is 0 Å². The number of hydrogen-bond donors (Lipinski definition) is 0. The second kappa shape index (κ2) is 6.88. The number of carbonyl (C=O) groups is 2. The fraction of sp³-hybridized carbons (Fsp3) is 0.857. The van der Waals surface area contributed by atoms with Gasteiger partial charge in [0.2, 0.25) is 0 Å². The van der Waals surface area contributed by atoms with E-state index in [1.54, 1.807) is 13.8 Å². The highest BCUT2D eigenvalue weighted by molar-refractivity contribution is 5.88. The standard InChI is InChI=1S/C14H24O4/c1-4-6-9-18-12-8-7-11(15)10-14(12,3)13(16)17-5-2/h12H,4-10H2,1-3H3/t12-,14+/m1/s1. The molecule has 1 aliphatic carbocycles. The molecule has 0 heterocycles. The van der Waals surface area contributed by atoms with Gasteiger partial charge in [-0.05, 0) is 26.7 Å². The zero-order valence-corrected chi connectivity index (χ0v) is 11.7. The van der Waals surface area contributed by atoms with Crippen LogP contribution in [0.1, 0.15) is 52.9 Å². The van der Waals surface area contributed by atoms with Gasteiger partial charge in [0.1, 0.15) is 5.78 Å². The van der Waals surface area contributed by atoms with E-state index in [0.717, 1.165) is 12.8 Å².